The Morgan fingerprint density at radius 1 is 1.08 bits per heavy atom. The highest BCUT2D eigenvalue weighted by Crippen LogP contribution is 2.25. The van der Waals surface area contributed by atoms with E-state index in [1.807, 2.05) is 25.1 Å². The molecule has 130 valence electrons. The van der Waals surface area contributed by atoms with Gasteiger partial charge in [0.15, 0.2) is 0 Å². The quantitative estimate of drug-likeness (QED) is 0.664. The number of phenolic OH excluding ortho intramolecular Hbond substituents is 1. The number of benzene rings is 2. The largest absolute Gasteiger partial charge is 0.508 e. The summed E-state index contributed by atoms with van der Waals surface area (Å²) in [6.07, 6.45) is 0.0207. The number of rotatable bonds is 8. The fraction of sp³-hybridized carbons (Fsp3) is 0.333. The van der Waals surface area contributed by atoms with Gasteiger partial charge in [0.1, 0.15) is 24.2 Å². The predicted molar refractivity (Wildman–Crippen MR) is 97.2 cm³/mol. The van der Waals surface area contributed by atoms with E-state index in [-0.39, 0.29) is 18.4 Å². The van der Waals surface area contributed by atoms with Crippen LogP contribution in [0.15, 0.2) is 42.5 Å². The molecule has 24 heavy (non-hydrogen) atoms. The van der Waals surface area contributed by atoms with Gasteiger partial charge in [-0.15, -0.1) is 0 Å². The lowest BCUT2D eigenvalue weighted by atomic mass is 10.1. The molecule has 0 aliphatic heterocycles. The third kappa shape index (κ3) is 5.87. The lowest BCUT2D eigenvalue weighted by Crippen LogP contribution is -2.37. The monoisotopic (exact) mass is 369 g/mol. The predicted octanol–water partition coefficient (Wildman–Crippen LogP) is 3.66. The molecule has 0 aromatic heterocycles. The average molecular weight is 370 g/mol. The zero-order valence-corrected chi connectivity index (χ0v) is 14.9. The van der Waals surface area contributed by atoms with E-state index < -0.39 is 6.10 Å². The number of halogens is 2. The molecule has 2 unspecified atom stereocenters. The van der Waals surface area contributed by atoms with Crippen molar-refractivity contribution < 1.29 is 14.9 Å². The van der Waals surface area contributed by atoms with Gasteiger partial charge in [-0.3, -0.25) is 0 Å². The summed E-state index contributed by atoms with van der Waals surface area (Å²) in [7, 11) is 0. The molecule has 0 amide bonds. The van der Waals surface area contributed by atoms with Gasteiger partial charge in [-0.2, -0.15) is 0 Å². The van der Waals surface area contributed by atoms with E-state index in [0.29, 0.717) is 28.8 Å². The summed E-state index contributed by atoms with van der Waals surface area (Å²) in [4.78, 5) is 0. The van der Waals surface area contributed by atoms with E-state index in [1.54, 1.807) is 12.1 Å². The van der Waals surface area contributed by atoms with Crippen LogP contribution in [0.5, 0.6) is 11.5 Å². The fourth-order valence-electron chi connectivity index (χ4n) is 2.24. The van der Waals surface area contributed by atoms with Crippen molar-refractivity contribution in [3.05, 3.63) is 58.1 Å². The zero-order chi connectivity index (χ0) is 17.5. The first-order valence-electron chi connectivity index (χ1n) is 7.72. The van der Waals surface area contributed by atoms with Crippen molar-refractivity contribution in [2.75, 3.05) is 13.2 Å². The van der Waals surface area contributed by atoms with Gasteiger partial charge < -0.3 is 20.3 Å². The molecule has 2 rings (SSSR count). The molecule has 2 aromatic rings. The highest BCUT2D eigenvalue weighted by atomic mass is 35.5. The second-order valence-corrected chi connectivity index (χ2v) is 6.49. The number of phenols is 1. The molecule has 3 N–H and O–H groups in total. The van der Waals surface area contributed by atoms with Crippen molar-refractivity contribution in [3.63, 3.8) is 0 Å². The number of aliphatic hydroxyl groups excluding tert-OH is 1. The summed E-state index contributed by atoms with van der Waals surface area (Å²) < 4.78 is 5.47. The third-order valence-electron chi connectivity index (χ3n) is 3.55. The molecule has 6 heteroatoms. The Morgan fingerprint density at radius 3 is 2.33 bits per heavy atom. The summed E-state index contributed by atoms with van der Waals surface area (Å²) in [6.45, 7) is 2.56. The Labute approximate surface area is 152 Å². The van der Waals surface area contributed by atoms with Crippen LogP contribution in [0.4, 0.5) is 0 Å². The normalized spacial score (nSPS) is 13.5. The number of hydrogen-bond donors (Lipinski definition) is 3. The van der Waals surface area contributed by atoms with Crippen molar-refractivity contribution in [2.24, 2.45) is 0 Å². The zero-order valence-electron chi connectivity index (χ0n) is 13.4. The van der Waals surface area contributed by atoms with E-state index in [4.69, 9.17) is 27.9 Å². The van der Waals surface area contributed by atoms with E-state index in [0.717, 1.165) is 5.56 Å². The van der Waals surface area contributed by atoms with Crippen molar-refractivity contribution >= 4 is 23.2 Å². The van der Waals surface area contributed by atoms with Gasteiger partial charge in [-0.25, -0.2) is 0 Å². The molecular weight excluding hydrogens is 349 g/mol. The van der Waals surface area contributed by atoms with Crippen LogP contribution < -0.4 is 10.1 Å². The van der Waals surface area contributed by atoms with E-state index in [2.05, 4.69) is 5.32 Å². The summed E-state index contributed by atoms with van der Waals surface area (Å²) in [5, 5.41) is 23.7. The van der Waals surface area contributed by atoms with Crippen LogP contribution in [0, 0.1) is 0 Å². The van der Waals surface area contributed by atoms with Crippen LogP contribution in [0.2, 0.25) is 10.0 Å². The molecule has 0 heterocycles. The van der Waals surface area contributed by atoms with Gasteiger partial charge in [-0.1, -0.05) is 29.3 Å². The maximum atomic E-state index is 10.0. The second kappa shape index (κ2) is 9.14. The average Bonchev–Trinajstić information content (AvgIpc) is 2.56. The Kier molecular flexibility index (Phi) is 7.18. The summed E-state index contributed by atoms with van der Waals surface area (Å²) in [5.41, 5.74) is 0.899. The number of aliphatic hydroxyl groups is 1. The van der Waals surface area contributed by atoms with Gasteiger partial charge in [0.05, 0.1) is 0 Å². The highest BCUT2D eigenvalue weighted by Gasteiger charge is 2.12. The van der Waals surface area contributed by atoms with Gasteiger partial charge in [0, 0.05) is 22.6 Å². The molecule has 4 nitrogen and oxygen atoms in total. The third-order valence-corrected chi connectivity index (χ3v) is 4.26. The molecule has 0 aliphatic carbocycles. The molecule has 0 fully saturated rings. The van der Waals surface area contributed by atoms with Gasteiger partial charge >= 0.3 is 0 Å². The van der Waals surface area contributed by atoms with E-state index >= 15 is 0 Å². The standard InChI is InChI=1S/C18H21Cl2NO3/c1-12(9-16-17(19)3-2-4-18(16)20)21-10-14(23)11-24-15-7-5-13(22)6-8-15/h2-8,12,14,21-23H,9-11H2,1H3. The van der Waals surface area contributed by atoms with Crippen LogP contribution in [-0.2, 0) is 6.42 Å². The van der Waals surface area contributed by atoms with Crippen LogP contribution in [0.25, 0.3) is 0 Å². The van der Waals surface area contributed by atoms with E-state index in [9.17, 15) is 10.2 Å². The number of ether oxygens (including phenoxy) is 1. The van der Waals surface area contributed by atoms with Crippen LogP contribution in [0.1, 0.15) is 12.5 Å². The molecule has 0 saturated carbocycles. The minimum atomic E-state index is -0.650. The lowest BCUT2D eigenvalue weighted by Gasteiger charge is -2.18. The van der Waals surface area contributed by atoms with Gasteiger partial charge in [0.25, 0.3) is 0 Å². The first kappa shape index (κ1) is 18.9. The summed E-state index contributed by atoms with van der Waals surface area (Å²) in [6, 6.07) is 11.9. The van der Waals surface area contributed by atoms with Crippen LogP contribution >= 0.6 is 23.2 Å². The molecule has 0 spiro atoms. The van der Waals surface area contributed by atoms with Crippen molar-refractivity contribution in [1.82, 2.24) is 5.32 Å². The highest BCUT2D eigenvalue weighted by molar-refractivity contribution is 6.36. The van der Waals surface area contributed by atoms with Crippen molar-refractivity contribution in [3.8, 4) is 11.5 Å². The topological polar surface area (TPSA) is 61.7 Å². The van der Waals surface area contributed by atoms with E-state index in [1.165, 1.54) is 12.1 Å². The maximum absolute atomic E-state index is 10.0. The van der Waals surface area contributed by atoms with Crippen molar-refractivity contribution in [1.29, 1.82) is 0 Å². The summed E-state index contributed by atoms with van der Waals surface area (Å²) in [5.74, 6) is 0.777. The molecule has 2 atom stereocenters. The number of aromatic hydroxyl groups is 1. The van der Waals surface area contributed by atoms with Gasteiger partial charge in [0.2, 0.25) is 0 Å². The van der Waals surface area contributed by atoms with Gasteiger partial charge in [-0.05, 0) is 55.3 Å². The maximum Gasteiger partial charge on any atom is 0.119 e. The first-order chi connectivity index (χ1) is 11.5. The Balaban J connectivity index is 1.74. The molecule has 2 aromatic carbocycles. The SMILES string of the molecule is CC(Cc1c(Cl)cccc1Cl)NCC(O)COc1ccc(O)cc1. The molecular formula is C18H21Cl2NO3. The van der Waals surface area contributed by atoms with Crippen molar-refractivity contribution in [2.45, 2.75) is 25.5 Å². The smallest absolute Gasteiger partial charge is 0.119 e. The fourth-order valence-corrected chi connectivity index (χ4v) is 2.79. The minimum Gasteiger partial charge on any atom is -0.508 e. The Bertz CT molecular complexity index is 629. The van der Waals surface area contributed by atoms with Crippen LogP contribution in [-0.4, -0.2) is 35.5 Å². The molecule has 0 aliphatic rings. The Morgan fingerprint density at radius 2 is 1.71 bits per heavy atom. The minimum absolute atomic E-state index is 0.103. The number of hydrogen-bond acceptors (Lipinski definition) is 4. The Hall–Kier alpha value is -1.46. The van der Waals surface area contributed by atoms with Crippen LogP contribution in [0.3, 0.4) is 0 Å². The lowest BCUT2D eigenvalue weighted by molar-refractivity contribution is 0.104. The molecule has 0 bridgehead atoms. The molecule has 0 saturated heterocycles. The second-order valence-electron chi connectivity index (χ2n) is 5.67. The first-order valence-corrected chi connectivity index (χ1v) is 8.47. The number of nitrogens with one attached hydrogen (secondary N) is 1. The molecule has 0 radical (unpaired) electrons. The summed E-state index contributed by atoms with van der Waals surface area (Å²) >= 11 is 12.3.